The third-order valence-corrected chi connectivity index (χ3v) is 2.20. The van der Waals surface area contributed by atoms with Crippen molar-refractivity contribution in [2.45, 2.75) is 0 Å². The molecule has 92 valence electrons. The molecule has 0 radical (unpaired) electrons. The Hall–Kier alpha value is -2.50. The fraction of sp³-hybridized carbons (Fsp3) is 0. The number of amides is 1. The van der Waals surface area contributed by atoms with Crippen LogP contribution in [-0.4, -0.2) is 16.0 Å². The average molecular weight is 250 g/mol. The number of nitrogens with zero attached hydrogens (tertiary/aromatic N) is 1. The van der Waals surface area contributed by atoms with E-state index in [4.69, 9.17) is 0 Å². The van der Waals surface area contributed by atoms with Crippen LogP contribution in [-0.2, 0) is 0 Å². The first-order valence-electron chi connectivity index (χ1n) is 4.99. The van der Waals surface area contributed by atoms with E-state index in [0.29, 0.717) is 0 Å². The van der Waals surface area contributed by atoms with Gasteiger partial charge in [-0.25, -0.2) is 13.8 Å². The van der Waals surface area contributed by atoms with Crippen molar-refractivity contribution in [3.05, 3.63) is 53.9 Å². The van der Waals surface area contributed by atoms with E-state index in [1.807, 2.05) is 5.32 Å². The van der Waals surface area contributed by atoms with Gasteiger partial charge in [-0.1, -0.05) is 6.07 Å². The summed E-state index contributed by atoms with van der Waals surface area (Å²) in [6.07, 6.45) is 1.28. The highest BCUT2D eigenvalue weighted by atomic mass is 19.1. The van der Waals surface area contributed by atoms with Crippen molar-refractivity contribution in [2.24, 2.45) is 0 Å². The molecule has 0 saturated carbocycles. The number of pyridine rings is 1. The minimum absolute atomic E-state index is 0.305. The van der Waals surface area contributed by atoms with Crippen molar-refractivity contribution in [1.82, 2.24) is 4.98 Å². The van der Waals surface area contributed by atoms with E-state index >= 15 is 0 Å². The molecule has 2 N–H and O–H groups in total. The Kier molecular flexibility index (Phi) is 3.18. The molecular weight excluding hydrogens is 242 g/mol. The fourth-order valence-corrected chi connectivity index (χ4v) is 1.36. The van der Waals surface area contributed by atoms with E-state index in [2.05, 4.69) is 4.98 Å². The van der Waals surface area contributed by atoms with Gasteiger partial charge in [-0.3, -0.25) is 4.79 Å². The predicted octanol–water partition coefficient (Wildman–Crippen LogP) is 2.32. The van der Waals surface area contributed by atoms with Crippen LogP contribution in [0.5, 0.6) is 5.75 Å². The topological polar surface area (TPSA) is 62.2 Å². The van der Waals surface area contributed by atoms with Gasteiger partial charge in [0.2, 0.25) is 0 Å². The van der Waals surface area contributed by atoms with Crippen LogP contribution in [0.25, 0.3) is 0 Å². The van der Waals surface area contributed by atoms with E-state index in [-0.39, 0.29) is 11.4 Å². The zero-order chi connectivity index (χ0) is 13.1. The van der Waals surface area contributed by atoms with Crippen molar-refractivity contribution < 1.29 is 18.7 Å². The molecule has 0 aliphatic heterocycles. The maximum atomic E-state index is 13.3. The van der Waals surface area contributed by atoms with Crippen LogP contribution in [0.1, 0.15) is 10.5 Å². The van der Waals surface area contributed by atoms with Gasteiger partial charge in [0.05, 0.1) is 0 Å². The van der Waals surface area contributed by atoms with E-state index in [1.165, 1.54) is 24.4 Å². The van der Waals surface area contributed by atoms with E-state index in [1.54, 1.807) is 0 Å². The van der Waals surface area contributed by atoms with Crippen molar-refractivity contribution in [3.8, 4) is 5.75 Å². The van der Waals surface area contributed by atoms with Gasteiger partial charge in [-0.2, -0.15) is 0 Å². The molecule has 1 aromatic heterocycles. The Bertz CT molecular complexity index is 582. The lowest BCUT2D eigenvalue weighted by Crippen LogP contribution is -2.15. The molecule has 18 heavy (non-hydrogen) atoms. The third-order valence-electron chi connectivity index (χ3n) is 2.20. The van der Waals surface area contributed by atoms with Gasteiger partial charge in [-0.15, -0.1) is 0 Å². The zero-order valence-corrected chi connectivity index (χ0v) is 9.02. The maximum Gasteiger partial charge on any atom is 0.278 e. The zero-order valence-electron chi connectivity index (χ0n) is 9.02. The summed E-state index contributed by atoms with van der Waals surface area (Å²) in [4.78, 5) is 15.3. The van der Waals surface area contributed by atoms with Gasteiger partial charge in [0.15, 0.2) is 5.69 Å². The smallest absolute Gasteiger partial charge is 0.278 e. The van der Waals surface area contributed by atoms with Crippen LogP contribution in [0, 0.1) is 11.6 Å². The largest absolute Gasteiger partial charge is 0.505 e. The summed E-state index contributed by atoms with van der Waals surface area (Å²) in [6, 6.07) is 5.88. The Morgan fingerprint density at radius 2 is 1.83 bits per heavy atom. The highest BCUT2D eigenvalue weighted by molar-refractivity contribution is 6.04. The van der Waals surface area contributed by atoms with Crippen molar-refractivity contribution >= 4 is 11.6 Å². The molecular formula is C12H8F2N2O2. The molecule has 2 aromatic rings. The molecule has 0 atom stereocenters. The molecule has 0 aliphatic rings. The third kappa shape index (κ3) is 2.27. The van der Waals surface area contributed by atoms with Crippen LogP contribution in [0.15, 0.2) is 36.5 Å². The average Bonchev–Trinajstić information content (AvgIpc) is 2.34. The number of nitrogens with one attached hydrogen (secondary N) is 1. The van der Waals surface area contributed by atoms with Crippen LogP contribution in [0.2, 0.25) is 0 Å². The number of hydrogen-bond acceptors (Lipinski definition) is 3. The summed E-state index contributed by atoms with van der Waals surface area (Å²) in [7, 11) is 0. The summed E-state index contributed by atoms with van der Waals surface area (Å²) < 4.78 is 26.6. The van der Waals surface area contributed by atoms with Crippen molar-refractivity contribution in [2.75, 3.05) is 5.32 Å². The number of hydrogen-bond donors (Lipinski definition) is 2. The van der Waals surface area contributed by atoms with Gasteiger partial charge in [0, 0.05) is 6.20 Å². The number of aromatic hydroxyl groups is 1. The molecule has 0 fully saturated rings. The Morgan fingerprint density at radius 1 is 1.17 bits per heavy atom. The summed E-state index contributed by atoms with van der Waals surface area (Å²) in [6.45, 7) is 0. The second-order valence-corrected chi connectivity index (χ2v) is 3.42. The summed E-state index contributed by atoms with van der Waals surface area (Å²) in [5.74, 6) is -3.07. The highest BCUT2D eigenvalue weighted by Gasteiger charge is 2.16. The lowest BCUT2D eigenvalue weighted by molar-refractivity contribution is 0.101. The first kappa shape index (κ1) is 12.0. The molecule has 0 saturated heterocycles. The summed E-state index contributed by atoms with van der Waals surface area (Å²) in [5, 5.41) is 11.4. The first-order chi connectivity index (χ1) is 8.59. The number of rotatable bonds is 2. The molecule has 2 rings (SSSR count). The number of anilines is 1. The van der Waals surface area contributed by atoms with Gasteiger partial charge in [0.1, 0.15) is 23.1 Å². The van der Waals surface area contributed by atoms with Gasteiger partial charge >= 0.3 is 0 Å². The predicted molar refractivity (Wildman–Crippen MR) is 60.2 cm³/mol. The van der Waals surface area contributed by atoms with E-state index in [9.17, 15) is 18.7 Å². The summed E-state index contributed by atoms with van der Waals surface area (Å²) in [5.41, 5.74) is -0.882. The van der Waals surface area contributed by atoms with Gasteiger partial charge in [0.25, 0.3) is 5.91 Å². The molecule has 4 nitrogen and oxygen atoms in total. The second kappa shape index (κ2) is 4.79. The molecule has 0 unspecified atom stereocenters. The first-order valence-corrected chi connectivity index (χ1v) is 4.99. The molecule has 0 spiro atoms. The van der Waals surface area contributed by atoms with Crippen LogP contribution < -0.4 is 5.32 Å². The lowest BCUT2D eigenvalue weighted by Gasteiger charge is -2.07. The number of carbonyl (C=O) groups is 1. The fourth-order valence-electron chi connectivity index (χ4n) is 1.36. The van der Waals surface area contributed by atoms with Gasteiger partial charge < -0.3 is 10.4 Å². The van der Waals surface area contributed by atoms with Crippen LogP contribution in [0.3, 0.4) is 0 Å². The molecule has 0 bridgehead atoms. The quantitative estimate of drug-likeness (QED) is 0.859. The molecule has 1 heterocycles. The number of aromatic nitrogens is 1. The summed E-state index contributed by atoms with van der Waals surface area (Å²) >= 11 is 0. The molecule has 0 aliphatic carbocycles. The maximum absolute atomic E-state index is 13.3. The SMILES string of the molecule is O=C(Nc1c(F)cccc1F)c1ncccc1O. The standard InChI is InChI=1S/C12H8F2N2O2/c13-7-3-1-4-8(14)10(7)16-12(18)11-9(17)5-2-6-15-11/h1-6,17H,(H,16,18). The van der Waals surface area contributed by atoms with E-state index in [0.717, 1.165) is 12.1 Å². The normalized spacial score (nSPS) is 10.1. The molecule has 1 amide bonds. The van der Waals surface area contributed by atoms with Gasteiger partial charge in [-0.05, 0) is 24.3 Å². The second-order valence-electron chi connectivity index (χ2n) is 3.42. The number of para-hydroxylation sites is 1. The van der Waals surface area contributed by atoms with Crippen molar-refractivity contribution in [1.29, 1.82) is 0 Å². The minimum Gasteiger partial charge on any atom is -0.505 e. The van der Waals surface area contributed by atoms with Crippen molar-refractivity contribution in [3.63, 3.8) is 0 Å². The van der Waals surface area contributed by atoms with Crippen LogP contribution >= 0.6 is 0 Å². The monoisotopic (exact) mass is 250 g/mol. The Labute approximate surface area is 101 Å². The van der Waals surface area contributed by atoms with E-state index < -0.39 is 23.2 Å². The molecule has 6 heteroatoms. The number of halogens is 2. The highest BCUT2D eigenvalue weighted by Crippen LogP contribution is 2.20. The molecule has 1 aromatic carbocycles. The lowest BCUT2D eigenvalue weighted by atomic mass is 10.2. The van der Waals surface area contributed by atoms with Crippen LogP contribution in [0.4, 0.5) is 14.5 Å². The Morgan fingerprint density at radius 3 is 2.44 bits per heavy atom. The number of benzene rings is 1. The number of carbonyl (C=O) groups excluding carboxylic acids is 1. The minimum atomic E-state index is -0.904. The Balaban J connectivity index is 2.30.